The molecule has 3 aromatic rings. The third-order valence-electron chi connectivity index (χ3n) is 3.39. The van der Waals surface area contributed by atoms with Gasteiger partial charge in [0.15, 0.2) is 0 Å². The van der Waals surface area contributed by atoms with E-state index in [1.165, 1.54) is 5.56 Å². The number of aromatic nitrogens is 1. The molecule has 0 saturated heterocycles. The Kier molecular flexibility index (Phi) is 3.49. The molecule has 0 atom stereocenters. The van der Waals surface area contributed by atoms with Crippen LogP contribution >= 0.6 is 15.9 Å². The molecule has 2 heterocycles. The maximum absolute atomic E-state index is 5.35. The minimum Gasteiger partial charge on any atom is -0.495 e. The molecule has 3 nitrogen and oxygen atoms in total. The fourth-order valence-electron chi connectivity index (χ4n) is 2.32. The van der Waals surface area contributed by atoms with E-state index in [0.29, 0.717) is 0 Å². The number of rotatable bonds is 3. The van der Waals surface area contributed by atoms with Crippen LogP contribution in [0.15, 0.2) is 45.7 Å². The van der Waals surface area contributed by atoms with Gasteiger partial charge in [-0.2, -0.15) is 0 Å². The molecule has 3 rings (SSSR count). The van der Waals surface area contributed by atoms with Gasteiger partial charge in [-0.1, -0.05) is 6.92 Å². The topological polar surface area (TPSA) is 35.3 Å². The number of pyridine rings is 1. The van der Waals surface area contributed by atoms with E-state index in [4.69, 9.17) is 14.1 Å². The van der Waals surface area contributed by atoms with Crippen LogP contribution in [0.1, 0.15) is 12.5 Å². The van der Waals surface area contributed by atoms with Gasteiger partial charge < -0.3 is 9.15 Å². The molecule has 1 aromatic carbocycles. The van der Waals surface area contributed by atoms with Crippen LogP contribution in [0.5, 0.6) is 5.75 Å². The number of methoxy groups -OCH3 is 1. The Morgan fingerprint density at radius 2 is 2.15 bits per heavy atom. The second kappa shape index (κ2) is 5.29. The lowest BCUT2D eigenvalue weighted by atomic mass is 10.0. The minimum absolute atomic E-state index is 0.788. The van der Waals surface area contributed by atoms with Crippen LogP contribution in [-0.2, 0) is 6.42 Å². The highest BCUT2D eigenvalue weighted by Gasteiger charge is 2.12. The van der Waals surface area contributed by atoms with Crippen LogP contribution in [-0.4, -0.2) is 12.1 Å². The SMILES string of the molecule is CCc1cc(-c2ccoc2)nc2c(Br)c(OC)ccc12. The number of aryl methyl sites for hydroxylation is 1. The largest absolute Gasteiger partial charge is 0.495 e. The molecule has 0 radical (unpaired) electrons. The second-order valence-corrected chi connectivity index (χ2v) is 5.30. The monoisotopic (exact) mass is 331 g/mol. The Balaban J connectivity index is 2.33. The lowest BCUT2D eigenvalue weighted by Crippen LogP contribution is -1.94. The Bertz CT molecular complexity index is 751. The molecule has 0 aliphatic heterocycles. The van der Waals surface area contributed by atoms with Crippen molar-refractivity contribution in [3.8, 4) is 17.0 Å². The predicted molar refractivity (Wildman–Crippen MR) is 83.1 cm³/mol. The standard InChI is InChI=1S/C16H14BrNO2/c1-3-10-8-13(11-6-7-20-9-11)18-16-12(10)4-5-14(19-2)15(16)17/h4-9H,3H2,1-2H3. The normalized spacial score (nSPS) is 10.9. The summed E-state index contributed by atoms with van der Waals surface area (Å²) in [6, 6.07) is 8.06. The van der Waals surface area contributed by atoms with E-state index in [-0.39, 0.29) is 0 Å². The summed E-state index contributed by atoms with van der Waals surface area (Å²) in [5.74, 6) is 0.788. The van der Waals surface area contributed by atoms with Crippen molar-refractivity contribution < 1.29 is 9.15 Å². The van der Waals surface area contributed by atoms with Crippen molar-refractivity contribution in [3.05, 3.63) is 46.8 Å². The van der Waals surface area contributed by atoms with E-state index in [2.05, 4.69) is 35.0 Å². The first kappa shape index (κ1) is 13.2. The van der Waals surface area contributed by atoms with Crippen molar-refractivity contribution >= 4 is 26.8 Å². The van der Waals surface area contributed by atoms with Crippen LogP contribution in [0.25, 0.3) is 22.2 Å². The van der Waals surface area contributed by atoms with Gasteiger partial charge in [0.25, 0.3) is 0 Å². The summed E-state index contributed by atoms with van der Waals surface area (Å²) < 4.78 is 11.4. The molecule has 0 aliphatic rings. The lowest BCUT2D eigenvalue weighted by Gasteiger charge is -2.11. The van der Waals surface area contributed by atoms with E-state index < -0.39 is 0 Å². The number of nitrogens with zero attached hydrogens (tertiary/aromatic N) is 1. The zero-order chi connectivity index (χ0) is 14.1. The first-order chi connectivity index (χ1) is 9.74. The number of hydrogen-bond acceptors (Lipinski definition) is 3. The summed E-state index contributed by atoms with van der Waals surface area (Å²) in [7, 11) is 1.66. The zero-order valence-electron chi connectivity index (χ0n) is 11.3. The Hall–Kier alpha value is -1.81. The van der Waals surface area contributed by atoms with Gasteiger partial charge in [-0.25, -0.2) is 4.98 Å². The van der Waals surface area contributed by atoms with Crippen molar-refractivity contribution in [2.24, 2.45) is 0 Å². The molecular weight excluding hydrogens is 318 g/mol. The molecule has 0 fully saturated rings. The minimum atomic E-state index is 0.788. The number of fused-ring (bicyclic) bond motifs is 1. The van der Waals surface area contributed by atoms with Gasteiger partial charge in [0.1, 0.15) is 5.75 Å². The van der Waals surface area contributed by atoms with E-state index >= 15 is 0 Å². The second-order valence-electron chi connectivity index (χ2n) is 4.51. The maximum Gasteiger partial charge on any atom is 0.135 e. The van der Waals surface area contributed by atoms with Gasteiger partial charge in [-0.3, -0.25) is 0 Å². The third-order valence-corrected chi connectivity index (χ3v) is 4.15. The molecule has 0 saturated carbocycles. The van der Waals surface area contributed by atoms with Crippen molar-refractivity contribution in [1.29, 1.82) is 0 Å². The van der Waals surface area contributed by atoms with E-state index in [1.807, 2.05) is 12.1 Å². The molecule has 4 heteroatoms. The van der Waals surface area contributed by atoms with Crippen molar-refractivity contribution in [2.75, 3.05) is 7.11 Å². The molecule has 0 aliphatic carbocycles. The van der Waals surface area contributed by atoms with Crippen LogP contribution < -0.4 is 4.74 Å². The van der Waals surface area contributed by atoms with E-state index in [9.17, 15) is 0 Å². The maximum atomic E-state index is 5.35. The molecule has 20 heavy (non-hydrogen) atoms. The Morgan fingerprint density at radius 3 is 2.80 bits per heavy atom. The zero-order valence-corrected chi connectivity index (χ0v) is 12.9. The molecular formula is C16H14BrNO2. The van der Waals surface area contributed by atoms with Crippen LogP contribution in [0.4, 0.5) is 0 Å². The predicted octanol–water partition coefficient (Wildman–Crippen LogP) is 4.83. The summed E-state index contributed by atoms with van der Waals surface area (Å²) in [6.07, 6.45) is 4.32. The summed E-state index contributed by atoms with van der Waals surface area (Å²) >= 11 is 3.59. The summed E-state index contributed by atoms with van der Waals surface area (Å²) in [5, 5.41) is 1.15. The average Bonchev–Trinajstić information content (AvgIpc) is 3.01. The average molecular weight is 332 g/mol. The fourth-order valence-corrected chi connectivity index (χ4v) is 2.91. The van der Waals surface area contributed by atoms with Crippen molar-refractivity contribution in [1.82, 2.24) is 4.98 Å². The first-order valence-electron chi connectivity index (χ1n) is 6.43. The van der Waals surface area contributed by atoms with Crippen LogP contribution in [0, 0.1) is 0 Å². The summed E-state index contributed by atoms with van der Waals surface area (Å²) in [4.78, 5) is 4.75. The molecule has 0 unspecified atom stereocenters. The Morgan fingerprint density at radius 1 is 1.30 bits per heavy atom. The number of benzene rings is 1. The van der Waals surface area contributed by atoms with Gasteiger partial charge in [-0.05, 0) is 52.2 Å². The number of hydrogen-bond donors (Lipinski definition) is 0. The van der Waals surface area contributed by atoms with Crippen LogP contribution in [0.3, 0.4) is 0 Å². The molecule has 0 spiro atoms. The highest BCUT2D eigenvalue weighted by atomic mass is 79.9. The van der Waals surface area contributed by atoms with Gasteiger partial charge in [0, 0.05) is 10.9 Å². The molecule has 0 bridgehead atoms. The molecule has 102 valence electrons. The van der Waals surface area contributed by atoms with Gasteiger partial charge in [-0.15, -0.1) is 0 Å². The highest BCUT2D eigenvalue weighted by Crippen LogP contribution is 2.35. The smallest absolute Gasteiger partial charge is 0.135 e. The first-order valence-corrected chi connectivity index (χ1v) is 7.22. The Labute approximate surface area is 125 Å². The summed E-state index contributed by atoms with van der Waals surface area (Å²) in [6.45, 7) is 2.14. The molecule has 2 aromatic heterocycles. The molecule has 0 N–H and O–H groups in total. The van der Waals surface area contributed by atoms with Gasteiger partial charge in [0.05, 0.1) is 35.3 Å². The summed E-state index contributed by atoms with van der Waals surface area (Å²) in [5.41, 5.74) is 4.07. The van der Waals surface area contributed by atoms with Crippen molar-refractivity contribution in [3.63, 3.8) is 0 Å². The van der Waals surface area contributed by atoms with Gasteiger partial charge >= 0.3 is 0 Å². The number of halogens is 1. The number of furan rings is 1. The third kappa shape index (κ3) is 2.10. The highest BCUT2D eigenvalue weighted by molar-refractivity contribution is 9.10. The van der Waals surface area contributed by atoms with Crippen LogP contribution in [0.2, 0.25) is 0 Å². The quantitative estimate of drug-likeness (QED) is 0.689. The lowest BCUT2D eigenvalue weighted by molar-refractivity contribution is 0.413. The van der Waals surface area contributed by atoms with Gasteiger partial charge in [0.2, 0.25) is 0 Å². The van der Waals surface area contributed by atoms with E-state index in [0.717, 1.165) is 38.8 Å². The number of ether oxygens (including phenoxy) is 1. The van der Waals surface area contributed by atoms with E-state index in [1.54, 1.807) is 19.6 Å². The fraction of sp³-hybridized carbons (Fsp3) is 0.188. The molecule has 0 amide bonds. The van der Waals surface area contributed by atoms with Crippen molar-refractivity contribution in [2.45, 2.75) is 13.3 Å².